The standard InChI is InChI=1S/C32H26Cl2N2O2/c1-35-20-26(23-12-8-14-25(34)18-23)29(30(37)22-10-3-2-4-11-22)32(35)27-15-5-6-16-28(27)36(31(32)38)19-21-9-7-13-24(33)17-21/h2-18,26,29H,19-20H2,1H3/t26-,29+,32-/m1/s1. The van der Waals surface area contributed by atoms with Crippen LogP contribution in [0.3, 0.4) is 0 Å². The summed E-state index contributed by atoms with van der Waals surface area (Å²) >= 11 is 12.7. The molecule has 0 bridgehead atoms. The van der Waals surface area contributed by atoms with Gasteiger partial charge < -0.3 is 4.90 Å². The Morgan fingerprint density at radius 2 is 1.55 bits per heavy atom. The second kappa shape index (κ2) is 9.70. The summed E-state index contributed by atoms with van der Waals surface area (Å²) in [6.07, 6.45) is 0. The number of amides is 1. The van der Waals surface area contributed by atoms with Crippen molar-refractivity contribution >= 4 is 40.6 Å². The number of Topliss-reactive ketones (excluding diaryl/α,β-unsaturated/α-hetero) is 1. The number of nitrogens with zero attached hydrogens (tertiary/aromatic N) is 2. The summed E-state index contributed by atoms with van der Waals surface area (Å²) in [6, 6.07) is 32.3. The van der Waals surface area contributed by atoms with Crippen molar-refractivity contribution in [2.45, 2.75) is 18.0 Å². The van der Waals surface area contributed by atoms with Gasteiger partial charge in [-0.2, -0.15) is 0 Å². The third-order valence-corrected chi connectivity index (χ3v) is 8.42. The van der Waals surface area contributed by atoms with Gasteiger partial charge in [-0.15, -0.1) is 0 Å². The molecule has 4 aromatic carbocycles. The van der Waals surface area contributed by atoms with Crippen molar-refractivity contribution in [1.82, 2.24) is 4.90 Å². The van der Waals surface area contributed by atoms with E-state index in [0.717, 1.165) is 22.4 Å². The Bertz CT molecular complexity index is 1540. The van der Waals surface area contributed by atoms with Gasteiger partial charge in [-0.25, -0.2) is 0 Å². The molecule has 38 heavy (non-hydrogen) atoms. The summed E-state index contributed by atoms with van der Waals surface area (Å²) in [5.74, 6) is -1.02. The Kier molecular flexibility index (Phi) is 6.35. The quantitative estimate of drug-likeness (QED) is 0.257. The van der Waals surface area contributed by atoms with Gasteiger partial charge in [0.05, 0.1) is 12.5 Å². The topological polar surface area (TPSA) is 40.6 Å². The van der Waals surface area contributed by atoms with Crippen molar-refractivity contribution in [2.75, 3.05) is 18.5 Å². The maximum atomic E-state index is 14.7. The van der Waals surface area contributed by atoms with Crippen LogP contribution in [0.25, 0.3) is 0 Å². The second-order valence-corrected chi connectivity index (χ2v) is 10.9. The molecule has 2 heterocycles. The van der Waals surface area contributed by atoms with Gasteiger partial charge in [-0.1, -0.05) is 96.0 Å². The minimum Gasteiger partial charge on any atom is -0.306 e. The number of ketones is 1. The molecule has 0 saturated carbocycles. The van der Waals surface area contributed by atoms with E-state index in [4.69, 9.17) is 23.2 Å². The zero-order valence-corrected chi connectivity index (χ0v) is 22.4. The van der Waals surface area contributed by atoms with Crippen LogP contribution in [-0.2, 0) is 16.9 Å². The van der Waals surface area contributed by atoms with Gasteiger partial charge in [0.1, 0.15) is 5.54 Å². The first-order valence-electron chi connectivity index (χ1n) is 12.6. The molecule has 1 spiro atoms. The summed E-state index contributed by atoms with van der Waals surface area (Å²) in [5, 5.41) is 1.23. The van der Waals surface area contributed by atoms with Crippen LogP contribution in [0, 0.1) is 5.92 Å². The molecule has 3 atom stereocenters. The number of rotatable bonds is 5. The van der Waals surface area contributed by atoms with E-state index in [1.54, 1.807) is 0 Å². The number of anilines is 1. The van der Waals surface area contributed by atoms with E-state index in [-0.39, 0.29) is 17.6 Å². The van der Waals surface area contributed by atoms with Crippen LogP contribution in [0.5, 0.6) is 0 Å². The maximum Gasteiger partial charge on any atom is 0.253 e. The van der Waals surface area contributed by atoms with Gasteiger partial charge in [0.2, 0.25) is 0 Å². The lowest BCUT2D eigenvalue weighted by Crippen LogP contribution is -2.53. The maximum absolute atomic E-state index is 14.7. The highest BCUT2D eigenvalue weighted by Crippen LogP contribution is 2.57. The van der Waals surface area contributed by atoms with Crippen LogP contribution in [0.2, 0.25) is 10.0 Å². The van der Waals surface area contributed by atoms with Crippen LogP contribution in [0.15, 0.2) is 103 Å². The number of carbonyl (C=O) groups is 2. The number of hydrogen-bond donors (Lipinski definition) is 0. The highest BCUT2D eigenvalue weighted by atomic mass is 35.5. The van der Waals surface area contributed by atoms with Gasteiger partial charge in [0.15, 0.2) is 5.78 Å². The minimum atomic E-state index is -1.16. The number of likely N-dealkylation sites (tertiary alicyclic amines) is 1. The Hall–Kier alpha value is -3.44. The number of fused-ring (bicyclic) bond motifs is 2. The third kappa shape index (κ3) is 3.87. The first kappa shape index (κ1) is 24.9. The summed E-state index contributed by atoms with van der Waals surface area (Å²) < 4.78 is 0. The number of hydrogen-bond acceptors (Lipinski definition) is 3. The van der Waals surface area contributed by atoms with Gasteiger partial charge in [0.25, 0.3) is 5.91 Å². The largest absolute Gasteiger partial charge is 0.306 e. The van der Waals surface area contributed by atoms with Gasteiger partial charge in [-0.3, -0.25) is 14.5 Å². The summed E-state index contributed by atoms with van der Waals surface area (Å²) in [7, 11) is 1.95. The molecule has 2 aliphatic heterocycles. The van der Waals surface area contributed by atoms with Crippen molar-refractivity contribution in [1.29, 1.82) is 0 Å². The van der Waals surface area contributed by atoms with Crippen molar-refractivity contribution in [2.24, 2.45) is 5.92 Å². The Balaban J connectivity index is 1.54. The monoisotopic (exact) mass is 540 g/mol. The van der Waals surface area contributed by atoms with E-state index < -0.39 is 11.5 Å². The summed E-state index contributed by atoms with van der Waals surface area (Å²) in [4.78, 5) is 33.1. The molecule has 0 N–H and O–H groups in total. The zero-order valence-electron chi connectivity index (χ0n) is 20.9. The van der Waals surface area contributed by atoms with E-state index in [1.807, 2.05) is 115 Å². The van der Waals surface area contributed by atoms with Crippen LogP contribution < -0.4 is 4.90 Å². The van der Waals surface area contributed by atoms with E-state index in [9.17, 15) is 9.59 Å². The Morgan fingerprint density at radius 1 is 0.868 bits per heavy atom. The Labute approximate surface area is 232 Å². The number of benzene rings is 4. The molecule has 2 aliphatic rings. The lowest BCUT2D eigenvalue weighted by molar-refractivity contribution is -0.129. The zero-order chi connectivity index (χ0) is 26.4. The Morgan fingerprint density at radius 3 is 2.29 bits per heavy atom. The molecule has 1 fully saturated rings. The number of carbonyl (C=O) groups excluding carboxylic acids is 2. The van der Waals surface area contributed by atoms with Gasteiger partial charge >= 0.3 is 0 Å². The summed E-state index contributed by atoms with van der Waals surface area (Å²) in [5.41, 5.74) is 2.99. The molecular formula is C32H26Cl2N2O2. The fourth-order valence-corrected chi connectivity index (χ4v) is 6.78. The first-order chi connectivity index (χ1) is 18.4. The van der Waals surface area contributed by atoms with Gasteiger partial charge in [0, 0.05) is 39.3 Å². The molecule has 6 rings (SSSR count). The number of para-hydroxylation sites is 1. The molecule has 4 nitrogen and oxygen atoms in total. The van der Waals surface area contributed by atoms with Crippen molar-refractivity contribution < 1.29 is 9.59 Å². The lowest BCUT2D eigenvalue weighted by Gasteiger charge is -2.36. The molecule has 0 aromatic heterocycles. The molecule has 0 unspecified atom stereocenters. The normalized spacial score (nSPS) is 22.7. The highest BCUT2D eigenvalue weighted by Gasteiger charge is 2.66. The lowest BCUT2D eigenvalue weighted by atomic mass is 9.70. The molecular weight excluding hydrogens is 515 g/mol. The van der Waals surface area contributed by atoms with Crippen molar-refractivity contribution in [3.05, 3.63) is 135 Å². The summed E-state index contributed by atoms with van der Waals surface area (Å²) in [6.45, 7) is 0.898. The average Bonchev–Trinajstić information content (AvgIpc) is 3.37. The molecule has 1 amide bonds. The van der Waals surface area contributed by atoms with Crippen LogP contribution in [0.4, 0.5) is 5.69 Å². The van der Waals surface area contributed by atoms with Gasteiger partial charge in [-0.05, 0) is 48.5 Å². The fourth-order valence-electron chi connectivity index (χ4n) is 6.37. The predicted octanol–water partition coefficient (Wildman–Crippen LogP) is 6.96. The molecule has 1 saturated heterocycles. The van der Waals surface area contributed by atoms with Crippen molar-refractivity contribution in [3.8, 4) is 0 Å². The highest BCUT2D eigenvalue weighted by molar-refractivity contribution is 6.31. The molecule has 0 radical (unpaired) electrons. The first-order valence-corrected chi connectivity index (χ1v) is 13.4. The average molecular weight is 541 g/mol. The number of likely N-dealkylation sites (N-methyl/N-ethyl adjacent to an activating group) is 1. The van der Waals surface area contributed by atoms with E-state index in [0.29, 0.717) is 28.7 Å². The van der Waals surface area contributed by atoms with Crippen molar-refractivity contribution in [3.63, 3.8) is 0 Å². The molecule has 6 heteroatoms. The van der Waals surface area contributed by atoms with E-state index in [1.165, 1.54) is 0 Å². The van der Waals surface area contributed by atoms with Crippen LogP contribution >= 0.6 is 23.2 Å². The second-order valence-electron chi connectivity index (χ2n) is 10.1. The molecule has 0 aliphatic carbocycles. The van der Waals surface area contributed by atoms with Crippen LogP contribution in [-0.4, -0.2) is 30.2 Å². The SMILES string of the molecule is CN1C[C@H](c2cccc(Cl)c2)[C@@H](C(=O)c2ccccc2)[C@]12C(=O)N(Cc1cccc(Cl)c1)c1ccccc12. The molecule has 190 valence electrons. The van der Waals surface area contributed by atoms with E-state index in [2.05, 4.69) is 4.90 Å². The minimum absolute atomic E-state index is 0.0484. The fraction of sp³-hybridized carbons (Fsp3) is 0.188. The van der Waals surface area contributed by atoms with E-state index >= 15 is 0 Å². The number of halogens is 2. The van der Waals surface area contributed by atoms with Crippen LogP contribution in [0.1, 0.15) is 33.0 Å². The third-order valence-electron chi connectivity index (χ3n) is 7.95. The molecule has 4 aromatic rings. The smallest absolute Gasteiger partial charge is 0.253 e. The predicted molar refractivity (Wildman–Crippen MR) is 152 cm³/mol.